The van der Waals surface area contributed by atoms with Crippen molar-refractivity contribution in [3.8, 4) is 0 Å². The Morgan fingerprint density at radius 1 is 1.12 bits per heavy atom. The fourth-order valence-electron chi connectivity index (χ4n) is 3.37. The molecule has 16 heavy (non-hydrogen) atoms. The van der Waals surface area contributed by atoms with E-state index in [-0.39, 0.29) is 0 Å². The summed E-state index contributed by atoms with van der Waals surface area (Å²) in [6.07, 6.45) is 8.84. The van der Waals surface area contributed by atoms with E-state index in [2.05, 4.69) is 17.3 Å². The van der Waals surface area contributed by atoms with Gasteiger partial charge in [-0.05, 0) is 76.4 Å². The van der Waals surface area contributed by atoms with E-state index in [1.807, 2.05) is 0 Å². The number of piperidine rings is 1. The molecule has 1 atom stereocenters. The van der Waals surface area contributed by atoms with Crippen LogP contribution in [0.5, 0.6) is 0 Å². The molecule has 2 aliphatic carbocycles. The van der Waals surface area contributed by atoms with Crippen molar-refractivity contribution >= 4 is 0 Å². The summed E-state index contributed by atoms with van der Waals surface area (Å²) < 4.78 is 0. The minimum atomic E-state index is 0.896. The summed E-state index contributed by atoms with van der Waals surface area (Å²) in [4.78, 5) is 2.50. The molecule has 1 saturated heterocycles. The second kappa shape index (κ2) is 4.66. The molecule has 2 nitrogen and oxygen atoms in total. The maximum Gasteiger partial charge on any atom is 0.0124 e. The van der Waals surface area contributed by atoms with Crippen molar-refractivity contribution in [3.05, 3.63) is 0 Å². The Morgan fingerprint density at radius 3 is 2.38 bits per heavy atom. The highest BCUT2D eigenvalue weighted by Crippen LogP contribution is 2.44. The van der Waals surface area contributed by atoms with Crippen molar-refractivity contribution in [2.45, 2.75) is 44.6 Å². The first kappa shape index (κ1) is 11.0. The van der Waals surface area contributed by atoms with E-state index >= 15 is 0 Å². The molecule has 1 N–H and O–H groups in total. The minimum Gasteiger partial charge on any atom is -0.313 e. The van der Waals surface area contributed by atoms with E-state index in [1.54, 1.807) is 0 Å². The van der Waals surface area contributed by atoms with Crippen LogP contribution in [0.1, 0.15) is 38.5 Å². The molecular formula is C14H26N2. The Labute approximate surface area is 99.8 Å². The molecule has 0 aromatic carbocycles. The molecule has 0 radical (unpaired) electrons. The van der Waals surface area contributed by atoms with Crippen LogP contribution >= 0.6 is 0 Å². The van der Waals surface area contributed by atoms with E-state index in [1.165, 1.54) is 58.2 Å². The first-order chi connectivity index (χ1) is 7.83. The lowest BCUT2D eigenvalue weighted by atomic mass is 9.97. The standard InChI is InChI=1S/C14H26N2/c1-16-8-2-3-11(10-16)9-15-14(12-4-5-12)13-6-7-13/h11-15H,2-10H2,1H3. The molecule has 1 heterocycles. The van der Waals surface area contributed by atoms with Crippen LogP contribution in [-0.2, 0) is 0 Å². The van der Waals surface area contributed by atoms with Gasteiger partial charge in [-0.1, -0.05) is 0 Å². The Kier molecular flexibility index (Phi) is 3.21. The number of likely N-dealkylation sites (tertiary alicyclic amines) is 1. The van der Waals surface area contributed by atoms with Gasteiger partial charge in [0.05, 0.1) is 0 Å². The van der Waals surface area contributed by atoms with Gasteiger partial charge in [0.1, 0.15) is 0 Å². The fourth-order valence-corrected chi connectivity index (χ4v) is 3.37. The van der Waals surface area contributed by atoms with Gasteiger partial charge < -0.3 is 10.2 Å². The molecule has 3 rings (SSSR count). The van der Waals surface area contributed by atoms with E-state index in [0.717, 1.165) is 23.8 Å². The first-order valence-electron chi connectivity index (χ1n) is 7.25. The highest BCUT2D eigenvalue weighted by molar-refractivity contribution is 4.96. The highest BCUT2D eigenvalue weighted by atomic mass is 15.1. The zero-order valence-electron chi connectivity index (χ0n) is 10.6. The summed E-state index contributed by atoms with van der Waals surface area (Å²) in [5, 5.41) is 3.91. The number of hydrogen-bond acceptors (Lipinski definition) is 2. The lowest BCUT2D eigenvalue weighted by molar-refractivity contribution is 0.199. The van der Waals surface area contributed by atoms with Crippen LogP contribution in [0.25, 0.3) is 0 Å². The Morgan fingerprint density at radius 2 is 1.81 bits per heavy atom. The molecule has 3 fully saturated rings. The predicted molar refractivity (Wildman–Crippen MR) is 67.5 cm³/mol. The Balaban J connectivity index is 1.43. The van der Waals surface area contributed by atoms with Crippen LogP contribution in [-0.4, -0.2) is 37.6 Å². The summed E-state index contributed by atoms with van der Waals surface area (Å²) in [6.45, 7) is 3.90. The van der Waals surface area contributed by atoms with Gasteiger partial charge in [0.25, 0.3) is 0 Å². The first-order valence-corrected chi connectivity index (χ1v) is 7.25. The number of nitrogens with zero attached hydrogens (tertiary/aromatic N) is 1. The molecule has 3 aliphatic rings. The van der Waals surface area contributed by atoms with Crippen LogP contribution in [0.15, 0.2) is 0 Å². The van der Waals surface area contributed by atoms with Gasteiger partial charge in [-0.25, -0.2) is 0 Å². The summed E-state index contributed by atoms with van der Waals surface area (Å²) in [6, 6.07) is 0.896. The summed E-state index contributed by atoms with van der Waals surface area (Å²) in [5.74, 6) is 3.02. The van der Waals surface area contributed by atoms with Crippen molar-refractivity contribution in [3.63, 3.8) is 0 Å². The van der Waals surface area contributed by atoms with Crippen LogP contribution in [0.4, 0.5) is 0 Å². The van der Waals surface area contributed by atoms with E-state index in [9.17, 15) is 0 Å². The normalized spacial score (nSPS) is 32.2. The van der Waals surface area contributed by atoms with E-state index in [0.29, 0.717) is 0 Å². The van der Waals surface area contributed by atoms with Crippen molar-refractivity contribution < 1.29 is 0 Å². The van der Waals surface area contributed by atoms with Gasteiger partial charge in [-0.15, -0.1) is 0 Å². The van der Waals surface area contributed by atoms with Crippen molar-refractivity contribution in [1.29, 1.82) is 0 Å². The minimum absolute atomic E-state index is 0.896. The number of rotatable bonds is 5. The largest absolute Gasteiger partial charge is 0.313 e. The second-order valence-corrected chi connectivity index (χ2v) is 6.38. The molecule has 0 spiro atoms. The quantitative estimate of drug-likeness (QED) is 0.766. The van der Waals surface area contributed by atoms with Gasteiger partial charge in [-0.3, -0.25) is 0 Å². The zero-order valence-corrected chi connectivity index (χ0v) is 10.6. The maximum atomic E-state index is 3.91. The highest BCUT2D eigenvalue weighted by Gasteiger charge is 2.41. The van der Waals surface area contributed by atoms with Crippen LogP contribution in [0.3, 0.4) is 0 Å². The third-order valence-electron chi connectivity index (χ3n) is 4.62. The molecule has 2 heteroatoms. The number of nitrogens with one attached hydrogen (secondary N) is 1. The summed E-state index contributed by atoms with van der Waals surface area (Å²) in [5.41, 5.74) is 0. The van der Waals surface area contributed by atoms with Crippen LogP contribution < -0.4 is 5.32 Å². The lowest BCUT2D eigenvalue weighted by Gasteiger charge is -2.31. The molecule has 92 valence electrons. The molecule has 0 bridgehead atoms. The van der Waals surface area contributed by atoms with Crippen molar-refractivity contribution in [1.82, 2.24) is 10.2 Å². The molecule has 1 unspecified atom stereocenters. The average Bonchev–Trinajstić information content (AvgIpc) is 3.13. The van der Waals surface area contributed by atoms with E-state index in [4.69, 9.17) is 0 Å². The molecule has 2 saturated carbocycles. The lowest BCUT2D eigenvalue weighted by Crippen LogP contribution is -2.42. The van der Waals surface area contributed by atoms with E-state index < -0.39 is 0 Å². The summed E-state index contributed by atoms with van der Waals surface area (Å²) >= 11 is 0. The number of hydrogen-bond donors (Lipinski definition) is 1. The predicted octanol–water partition coefficient (Wildman–Crippen LogP) is 2.11. The van der Waals surface area contributed by atoms with Gasteiger partial charge in [-0.2, -0.15) is 0 Å². The van der Waals surface area contributed by atoms with Gasteiger partial charge in [0.2, 0.25) is 0 Å². The molecule has 0 amide bonds. The van der Waals surface area contributed by atoms with Crippen LogP contribution in [0.2, 0.25) is 0 Å². The molecular weight excluding hydrogens is 196 g/mol. The SMILES string of the molecule is CN1CCCC(CNC(C2CC2)C2CC2)C1. The molecule has 0 aromatic heterocycles. The van der Waals surface area contributed by atoms with Crippen molar-refractivity contribution in [2.75, 3.05) is 26.7 Å². The monoisotopic (exact) mass is 222 g/mol. The third kappa shape index (κ3) is 2.78. The second-order valence-electron chi connectivity index (χ2n) is 6.38. The summed E-state index contributed by atoms with van der Waals surface area (Å²) in [7, 11) is 2.27. The average molecular weight is 222 g/mol. The maximum absolute atomic E-state index is 3.91. The van der Waals surface area contributed by atoms with Gasteiger partial charge in [0.15, 0.2) is 0 Å². The Bertz CT molecular complexity index is 221. The Hall–Kier alpha value is -0.0800. The molecule has 0 aromatic rings. The fraction of sp³-hybridized carbons (Fsp3) is 1.00. The van der Waals surface area contributed by atoms with Crippen LogP contribution in [0, 0.1) is 17.8 Å². The van der Waals surface area contributed by atoms with Crippen molar-refractivity contribution in [2.24, 2.45) is 17.8 Å². The molecule has 1 aliphatic heterocycles. The van der Waals surface area contributed by atoms with Gasteiger partial charge >= 0.3 is 0 Å². The topological polar surface area (TPSA) is 15.3 Å². The third-order valence-corrected chi connectivity index (χ3v) is 4.62. The smallest absolute Gasteiger partial charge is 0.0124 e. The van der Waals surface area contributed by atoms with Gasteiger partial charge in [0, 0.05) is 12.6 Å². The zero-order chi connectivity index (χ0) is 11.0.